The van der Waals surface area contributed by atoms with Crippen molar-refractivity contribution in [2.75, 3.05) is 19.0 Å². The van der Waals surface area contributed by atoms with Gasteiger partial charge in [-0.1, -0.05) is 11.6 Å². The summed E-state index contributed by atoms with van der Waals surface area (Å²) in [6.45, 7) is -0.516. The molecule has 0 atom stereocenters. The lowest BCUT2D eigenvalue weighted by molar-refractivity contribution is -0.119. The summed E-state index contributed by atoms with van der Waals surface area (Å²) in [6, 6.07) is 9.94. The number of esters is 1. The highest BCUT2D eigenvalue weighted by Crippen LogP contribution is 2.18. The first-order valence-corrected chi connectivity index (χ1v) is 6.93. The number of carbonyl (C=O) groups is 2. The molecule has 0 bridgehead atoms. The lowest BCUT2D eigenvalue weighted by Crippen LogP contribution is -2.21. The first-order chi connectivity index (χ1) is 11.0. The van der Waals surface area contributed by atoms with Crippen molar-refractivity contribution in [3.05, 3.63) is 58.9 Å². The maximum Gasteiger partial charge on any atom is 0.340 e. The van der Waals surface area contributed by atoms with Crippen LogP contribution in [0, 0.1) is 5.82 Å². The Morgan fingerprint density at radius 3 is 2.52 bits per heavy atom. The first kappa shape index (κ1) is 16.8. The molecule has 2 aromatic carbocycles. The van der Waals surface area contributed by atoms with Gasteiger partial charge in [0.05, 0.1) is 17.7 Å². The summed E-state index contributed by atoms with van der Waals surface area (Å²) in [6.07, 6.45) is 0. The summed E-state index contributed by atoms with van der Waals surface area (Å²) in [5.74, 6) is -1.38. The summed E-state index contributed by atoms with van der Waals surface area (Å²) >= 11 is 5.78. The van der Waals surface area contributed by atoms with E-state index in [4.69, 9.17) is 21.1 Å². The summed E-state index contributed by atoms with van der Waals surface area (Å²) in [5.41, 5.74) is 0.388. The van der Waals surface area contributed by atoms with E-state index in [0.717, 1.165) is 12.1 Å². The molecule has 5 nitrogen and oxygen atoms in total. The number of amides is 1. The van der Waals surface area contributed by atoms with Crippen molar-refractivity contribution in [2.45, 2.75) is 0 Å². The van der Waals surface area contributed by atoms with Crippen LogP contribution in [0.2, 0.25) is 5.02 Å². The van der Waals surface area contributed by atoms with Gasteiger partial charge in [0.2, 0.25) is 0 Å². The Kier molecular flexibility index (Phi) is 5.54. The predicted octanol–water partition coefficient (Wildman–Crippen LogP) is 3.28. The van der Waals surface area contributed by atoms with Crippen molar-refractivity contribution in [2.24, 2.45) is 0 Å². The molecule has 2 rings (SSSR count). The molecule has 0 aliphatic heterocycles. The van der Waals surface area contributed by atoms with Gasteiger partial charge < -0.3 is 14.8 Å². The monoisotopic (exact) mass is 337 g/mol. The SMILES string of the molecule is COc1ccc(NC(=O)COC(=O)c2cc(F)ccc2Cl)cc1. The highest BCUT2D eigenvalue weighted by Gasteiger charge is 2.14. The van der Waals surface area contributed by atoms with Crippen molar-refractivity contribution in [3.8, 4) is 5.75 Å². The number of nitrogens with one attached hydrogen (secondary N) is 1. The highest BCUT2D eigenvalue weighted by molar-refractivity contribution is 6.33. The lowest BCUT2D eigenvalue weighted by atomic mass is 10.2. The summed E-state index contributed by atoms with van der Waals surface area (Å²) in [4.78, 5) is 23.5. The fourth-order valence-corrected chi connectivity index (χ4v) is 1.93. The van der Waals surface area contributed by atoms with E-state index in [0.29, 0.717) is 11.4 Å². The van der Waals surface area contributed by atoms with Gasteiger partial charge in [0, 0.05) is 5.69 Å². The Balaban J connectivity index is 1.90. The second-order valence-electron chi connectivity index (χ2n) is 4.48. The lowest BCUT2D eigenvalue weighted by Gasteiger charge is -2.08. The molecule has 0 spiro atoms. The molecule has 0 heterocycles. The molecular weight excluding hydrogens is 325 g/mol. The van der Waals surface area contributed by atoms with E-state index in [2.05, 4.69) is 5.32 Å². The third-order valence-corrected chi connectivity index (χ3v) is 3.19. The zero-order chi connectivity index (χ0) is 16.8. The quantitative estimate of drug-likeness (QED) is 0.850. The zero-order valence-corrected chi connectivity index (χ0v) is 12.9. The van der Waals surface area contributed by atoms with E-state index in [-0.39, 0.29) is 10.6 Å². The van der Waals surface area contributed by atoms with Crippen LogP contribution in [0.3, 0.4) is 0 Å². The number of hydrogen-bond donors (Lipinski definition) is 1. The van der Waals surface area contributed by atoms with Crippen LogP contribution >= 0.6 is 11.6 Å². The first-order valence-electron chi connectivity index (χ1n) is 6.55. The average molecular weight is 338 g/mol. The minimum atomic E-state index is -0.876. The molecule has 0 fully saturated rings. The van der Waals surface area contributed by atoms with Gasteiger partial charge in [-0.15, -0.1) is 0 Å². The Morgan fingerprint density at radius 2 is 1.87 bits per heavy atom. The van der Waals surface area contributed by atoms with Gasteiger partial charge in [0.1, 0.15) is 11.6 Å². The molecule has 23 heavy (non-hydrogen) atoms. The van der Waals surface area contributed by atoms with Gasteiger partial charge in [0.25, 0.3) is 5.91 Å². The van der Waals surface area contributed by atoms with Crippen LogP contribution < -0.4 is 10.1 Å². The number of hydrogen-bond acceptors (Lipinski definition) is 4. The van der Waals surface area contributed by atoms with Crippen LogP contribution in [0.25, 0.3) is 0 Å². The van der Waals surface area contributed by atoms with Crippen LogP contribution in [-0.4, -0.2) is 25.6 Å². The number of anilines is 1. The fourth-order valence-electron chi connectivity index (χ4n) is 1.73. The number of rotatable bonds is 5. The van der Waals surface area contributed by atoms with Gasteiger partial charge in [-0.25, -0.2) is 9.18 Å². The highest BCUT2D eigenvalue weighted by atomic mass is 35.5. The number of ether oxygens (including phenoxy) is 2. The van der Waals surface area contributed by atoms with Gasteiger partial charge in [-0.3, -0.25) is 4.79 Å². The minimum absolute atomic E-state index is 0.0481. The molecule has 0 aliphatic rings. The van der Waals surface area contributed by atoms with Gasteiger partial charge in [-0.2, -0.15) is 0 Å². The van der Waals surface area contributed by atoms with Crippen LogP contribution in [0.1, 0.15) is 10.4 Å². The molecule has 7 heteroatoms. The van der Waals surface area contributed by atoms with Crippen molar-refractivity contribution < 1.29 is 23.5 Å². The van der Waals surface area contributed by atoms with Crippen molar-refractivity contribution in [1.82, 2.24) is 0 Å². The average Bonchev–Trinajstić information content (AvgIpc) is 2.55. The third kappa shape index (κ3) is 4.69. The molecule has 0 radical (unpaired) electrons. The summed E-state index contributed by atoms with van der Waals surface area (Å²) < 4.78 is 22.9. The Bertz CT molecular complexity index is 719. The molecule has 0 aliphatic carbocycles. The molecule has 0 aromatic heterocycles. The summed E-state index contributed by atoms with van der Waals surface area (Å²) in [7, 11) is 1.53. The maximum atomic E-state index is 13.1. The van der Waals surface area contributed by atoms with Crippen LogP contribution in [-0.2, 0) is 9.53 Å². The van der Waals surface area contributed by atoms with E-state index < -0.39 is 24.3 Å². The Labute approximate surface area is 137 Å². The van der Waals surface area contributed by atoms with Crippen molar-refractivity contribution >= 4 is 29.2 Å². The fraction of sp³-hybridized carbons (Fsp3) is 0.125. The zero-order valence-electron chi connectivity index (χ0n) is 12.1. The Hall–Kier alpha value is -2.60. The van der Waals surface area contributed by atoms with Crippen molar-refractivity contribution in [1.29, 1.82) is 0 Å². The largest absolute Gasteiger partial charge is 0.497 e. The Morgan fingerprint density at radius 1 is 1.17 bits per heavy atom. The van der Waals surface area contributed by atoms with Crippen LogP contribution in [0.4, 0.5) is 10.1 Å². The van der Waals surface area contributed by atoms with Crippen LogP contribution in [0.15, 0.2) is 42.5 Å². The molecule has 0 unspecified atom stereocenters. The van der Waals surface area contributed by atoms with E-state index in [1.54, 1.807) is 24.3 Å². The molecule has 1 amide bonds. The molecular formula is C16H13ClFNO4. The van der Waals surface area contributed by atoms with E-state index in [1.807, 2.05) is 0 Å². The van der Waals surface area contributed by atoms with Gasteiger partial charge in [-0.05, 0) is 42.5 Å². The number of carbonyl (C=O) groups excluding carboxylic acids is 2. The van der Waals surface area contributed by atoms with Crippen LogP contribution in [0.5, 0.6) is 5.75 Å². The second-order valence-corrected chi connectivity index (χ2v) is 4.88. The summed E-state index contributed by atoms with van der Waals surface area (Å²) in [5, 5.41) is 2.60. The maximum absolute atomic E-state index is 13.1. The van der Waals surface area contributed by atoms with Gasteiger partial charge in [0.15, 0.2) is 6.61 Å². The van der Waals surface area contributed by atoms with E-state index in [1.165, 1.54) is 13.2 Å². The second kappa shape index (κ2) is 7.60. The van der Waals surface area contributed by atoms with E-state index in [9.17, 15) is 14.0 Å². The number of methoxy groups -OCH3 is 1. The number of benzene rings is 2. The van der Waals surface area contributed by atoms with Crippen molar-refractivity contribution in [3.63, 3.8) is 0 Å². The normalized spacial score (nSPS) is 10.0. The topological polar surface area (TPSA) is 64.6 Å². The standard InChI is InChI=1S/C16H13ClFNO4/c1-22-12-5-3-11(4-6-12)19-15(20)9-23-16(21)13-8-10(18)2-7-14(13)17/h2-8H,9H2,1H3,(H,19,20). The number of halogens is 2. The predicted molar refractivity (Wildman–Crippen MR) is 83.3 cm³/mol. The minimum Gasteiger partial charge on any atom is -0.497 e. The molecule has 0 saturated carbocycles. The van der Waals surface area contributed by atoms with Gasteiger partial charge >= 0.3 is 5.97 Å². The molecule has 2 aromatic rings. The third-order valence-electron chi connectivity index (χ3n) is 2.86. The molecule has 120 valence electrons. The smallest absolute Gasteiger partial charge is 0.340 e. The van der Waals surface area contributed by atoms with E-state index >= 15 is 0 Å². The molecule has 0 saturated heterocycles. The molecule has 1 N–H and O–H groups in total.